The molecule has 0 radical (unpaired) electrons. The van der Waals surface area contributed by atoms with Gasteiger partial charge in [0.15, 0.2) is 0 Å². The van der Waals surface area contributed by atoms with Crippen LogP contribution in [0.2, 0.25) is 0 Å². The van der Waals surface area contributed by atoms with Crippen molar-refractivity contribution >= 4 is 16.7 Å². The molecule has 1 aliphatic rings. The van der Waals surface area contributed by atoms with Gasteiger partial charge < -0.3 is 10.0 Å². The number of hydrogen-bond donors (Lipinski definition) is 1. The van der Waals surface area contributed by atoms with Crippen LogP contribution >= 0.6 is 0 Å². The molecule has 0 bridgehead atoms. The summed E-state index contributed by atoms with van der Waals surface area (Å²) in [6.07, 6.45) is 1.67. The van der Waals surface area contributed by atoms with E-state index in [1.807, 2.05) is 35.2 Å². The quantitative estimate of drug-likeness (QED) is 0.474. The van der Waals surface area contributed by atoms with E-state index in [0.717, 1.165) is 29.2 Å². The zero-order valence-electron chi connectivity index (χ0n) is 17.6. The number of fused-ring (bicyclic) bond motifs is 2. The van der Waals surface area contributed by atoms with E-state index < -0.39 is 0 Å². The number of carbonyl (C=O) groups is 1. The van der Waals surface area contributed by atoms with Crippen molar-refractivity contribution in [2.45, 2.75) is 32.4 Å². The molecule has 0 fully saturated rings. The highest BCUT2D eigenvalue weighted by Crippen LogP contribution is 2.32. The van der Waals surface area contributed by atoms with Crippen LogP contribution in [0.3, 0.4) is 0 Å². The molecule has 3 heteroatoms. The van der Waals surface area contributed by atoms with E-state index in [9.17, 15) is 9.90 Å². The topological polar surface area (TPSA) is 40.5 Å². The summed E-state index contributed by atoms with van der Waals surface area (Å²) >= 11 is 0. The third kappa shape index (κ3) is 3.68. The number of phenolic OH excluding ortho intramolecular Hbond substituents is 1. The molecule has 0 aliphatic heterocycles. The minimum absolute atomic E-state index is 0.0353. The SMILES string of the molecule is Cc1ccc(CN(C(=O)c2c(O)ccc3ccccc23)C2Cc3ccccc3C2)cc1. The van der Waals surface area contributed by atoms with E-state index in [0.29, 0.717) is 12.1 Å². The predicted octanol–water partition coefficient (Wildman–Crippen LogP) is 5.66. The average Bonchev–Trinajstić information content (AvgIpc) is 3.22. The van der Waals surface area contributed by atoms with Crippen molar-refractivity contribution in [3.05, 3.63) is 113 Å². The van der Waals surface area contributed by atoms with Crippen LogP contribution in [0.15, 0.2) is 84.9 Å². The Labute approximate surface area is 182 Å². The second-order valence-corrected chi connectivity index (χ2v) is 8.43. The van der Waals surface area contributed by atoms with Crippen molar-refractivity contribution < 1.29 is 9.90 Å². The van der Waals surface area contributed by atoms with E-state index in [1.54, 1.807) is 6.07 Å². The molecule has 0 unspecified atom stereocenters. The van der Waals surface area contributed by atoms with Gasteiger partial charge in [0.2, 0.25) is 0 Å². The molecular formula is C28H25NO2. The van der Waals surface area contributed by atoms with Gasteiger partial charge in [0.1, 0.15) is 5.75 Å². The lowest BCUT2D eigenvalue weighted by molar-refractivity contribution is 0.0667. The Kier molecular flexibility index (Phi) is 4.95. The predicted molar refractivity (Wildman–Crippen MR) is 124 cm³/mol. The first-order valence-electron chi connectivity index (χ1n) is 10.7. The van der Waals surface area contributed by atoms with Gasteiger partial charge in [-0.15, -0.1) is 0 Å². The summed E-state index contributed by atoms with van der Waals surface area (Å²) in [5, 5.41) is 12.4. The lowest BCUT2D eigenvalue weighted by Crippen LogP contribution is -2.40. The molecule has 0 heterocycles. The molecule has 0 atom stereocenters. The molecule has 0 saturated heterocycles. The Balaban J connectivity index is 1.57. The average molecular weight is 408 g/mol. The number of aromatic hydroxyl groups is 1. The van der Waals surface area contributed by atoms with E-state index in [2.05, 4.69) is 55.5 Å². The van der Waals surface area contributed by atoms with Crippen LogP contribution in [0, 0.1) is 6.92 Å². The summed E-state index contributed by atoms with van der Waals surface area (Å²) in [5.41, 5.74) is 5.28. The molecular weight excluding hydrogens is 382 g/mol. The van der Waals surface area contributed by atoms with Crippen LogP contribution in [0.25, 0.3) is 10.8 Å². The van der Waals surface area contributed by atoms with Crippen molar-refractivity contribution in [1.29, 1.82) is 0 Å². The third-order valence-corrected chi connectivity index (χ3v) is 6.33. The van der Waals surface area contributed by atoms with E-state index in [1.165, 1.54) is 16.7 Å². The van der Waals surface area contributed by atoms with Gasteiger partial charge in [0, 0.05) is 12.6 Å². The Bertz CT molecular complexity index is 1230. The van der Waals surface area contributed by atoms with Crippen molar-refractivity contribution in [3.8, 4) is 5.75 Å². The standard InChI is InChI=1S/C28H25NO2/c1-19-10-12-20(13-11-19)18-29(24-16-22-7-2-3-8-23(22)17-24)28(31)27-25-9-5-4-6-21(25)14-15-26(27)30/h2-15,24,30H,16-18H2,1H3. The Morgan fingerprint density at radius 3 is 2.23 bits per heavy atom. The van der Waals surface area contributed by atoms with Crippen LogP contribution in [0.1, 0.15) is 32.6 Å². The van der Waals surface area contributed by atoms with Crippen molar-refractivity contribution in [2.24, 2.45) is 0 Å². The van der Waals surface area contributed by atoms with Gasteiger partial charge in [-0.25, -0.2) is 0 Å². The number of aryl methyl sites for hydroxylation is 1. The zero-order chi connectivity index (χ0) is 21.4. The third-order valence-electron chi connectivity index (χ3n) is 6.33. The summed E-state index contributed by atoms with van der Waals surface area (Å²) in [5.74, 6) is -0.0826. The van der Waals surface area contributed by atoms with Crippen LogP contribution < -0.4 is 0 Å². The molecule has 0 aromatic heterocycles. The fourth-order valence-corrected chi connectivity index (χ4v) is 4.64. The normalized spacial score (nSPS) is 13.3. The number of phenols is 1. The summed E-state index contributed by atoms with van der Waals surface area (Å²) in [4.78, 5) is 15.9. The van der Waals surface area contributed by atoms with Crippen molar-refractivity contribution in [3.63, 3.8) is 0 Å². The summed E-state index contributed by atoms with van der Waals surface area (Å²) in [6, 6.07) is 28.0. The van der Waals surface area contributed by atoms with Gasteiger partial charge in [0.25, 0.3) is 5.91 Å². The van der Waals surface area contributed by atoms with E-state index >= 15 is 0 Å². The molecule has 5 rings (SSSR count). The highest BCUT2D eigenvalue weighted by molar-refractivity contribution is 6.09. The van der Waals surface area contributed by atoms with Gasteiger partial charge in [-0.3, -0.25) is 4.79 Å². The highest BCUT2D eigenvalue weighted by atomic mass is 16.3. The lowest BCUT2D eigenvalue weighted by atomic mass is 10.0. The van der Waals surface area contributed by atoms with Crippen LogP contribution in [0.5, 0.6) is 5.75 Å². The van der Waals surface area contributed by atoms with E-state index in [4.69, 9.17) is 0 Å². The molecule has 0 saturated carbocycles. The fraction of sp³-hybridized carbons (Fsp3) is 0.179. The maximum absolute atomic E-state index is 14.0. The number of amides is 1. The Hall–Kier alpha value is -3.59. The van der Waals surface area contributed by atoms with Crippen LogP contribution in [-0.4, -0.2) is 22.0 Å². The maximum atomic E-state index is 14.0. The highest BCUT2D eigenvalue weighted by Gasteiger charge is 2.32. The number of carbonyl (C=O) groups excluding carboxylic acids is 1. The van der Waals surface area contributed by atoms with Crippen molar-refractivity contribution in [2.75, 3.05) is 0 Å². The number of rotatable bonds is 4. The minimum Gasteiger partial charge on any atom is -0.507 e. The first kappa shape index (κ1) is 19.4. The van der Waals surface area contributed by atoms with Gasteiger partial charge in [-0.1, -0.05) is 84.4 Å². The molecule has 31 heavy (non-hydrogen) atoms. The molecule has 3 nitrogen and oxygen atoms in total. The maximum Gasteiger partial charge on any atom is 0.258 e. The fourth-order valence-electron chi connectivity index (χ4n) is 4.64. The first-order chi connectivity index (χ1) is 15.1. The van der Waals surface area contributed by atoms with Gasteiger partial charge in [-0.2, -0.15) is 0 Å². The number of nitrogens with zero attached hydrogens (tertiary/aromatic N) is 1. The molecule has 4 aromatic carbocycles. The summed E-state index contributed by atoms with van der Waals surface area (Å²) in [6.45, 7) is 2.58. The number of hydrogen-bond acceptors (Lipinski definition) is 2. The monoisotopic (exact) mass is 407 g/mol. The summed E-state index contributed by atoms with van der Waals surface area (Å²) < 4.78 is 0. The second kappa shape index (κ2) is 7.92. The van der Waals surface area contributed by atoms with Crippen LogP contribution in [0.4, 0.5) is 0 Å². The first-order valence-corrected chi connectivity index (χ1v) is 10.7. The second-order valence-electron chi connectivity index (χ2n) is 8.43. The zero-order valence-corrected chi connectivity index (χ0v) is 17.6. The number of benzene rings is 4. The smallest absolute Gasteiger partial charge is 0.258 e. The molecule has 0 spiro atoms. The molecule has 154 valence electrons. The van der Waals surface area contributed by atoms with Crippen LogP contribution in [-0.2, 0) is 19.4 Å². The van der Waals surface area contributed by atoms with E-state index in [-0.39, 0.29) is 17.7 Å². The van der Waals surface area contributed by atoms with Crippen molar-refractivity contribution in [1.82, 2.24) is 4.90 Å². The van der Waals surface area contributed by atoms with Gasteiger partial charge in [-0.05, 0) is 53.3 Å². The molecule has 1 aliphatic carbocycles. The Morgan fingerprint density at radius 1 is 0.871 bits per heavy atom. The molecule has 1 N–H and O–H groups in total. The lowest BCUT2D eigenvalue weighted by Gasteiger charge is -2.30. The minimum atomic E-state index is -0.118. The summed E-state index contributed by atoms with van der Waals surface area (Å²) in [7, 11) is 0. The van der Waals surface area contributed by atoms with Gasteiger partial charge in [0.05, 0.1) is 5.56 Å². The van der Waals surface area contributed by atoms with Gasteiger partial charge >= 0.3 is 0 Å². The molecule has 1 amide bonds. The Morgan fingerprint density at radius 2 is 1.52 bits per heavy atom. The largest absolute Gasteiger partial charge is 0.507 e. The molecule has 4 aromatic rings.